The molecule has 0 spiro atoms. The van der Waals surface area contributed by atoms with Gasteiger partial charge in [0.05, 0.1) is 31.3 Å². The van der Waals surface area contributed by atoms with Crippen molar-refractivity contribution in [3.05, 3.63) is 59.8 Å². The molecular weight excluding hydrogens is 347 g/mol. The monoisotopic (exact) mass is 368 g/mol. The molecule has 136 valence electrons. The zero-order chi connectivity index (χ0) is 17.7. The van der Waals surface area contributed by atoms with Crippen molar-refractivity contribution in [2.24, 2.45) is 0 Å². The molecule has 1 atom stereocenters. The quantitative estimate of drug-likeness (QED) is 0.808. The van der Waals surface area contributed by atoms with Crippen LogP contribution in [0.3, 0.4) is 0 Å². The largest absolute Gasteiger partial charge is 0.468 e. The first-order valence-electron chi connectivity index (χ1n) is 8.10. The van der Waals surface area contributed by atoms with Crippen molar-refractivity contribution in [1.82, 2.24) is 9.62 Å². The minimum absolute atomic E-state index is 0.193. The van der Waals surface area contributed by atoms with Gasteiger partial charge in [0, 0.05) is 19.6 Å². The minimum atomic E-state index is -3.54. The van der Waals surface area contributed by atoms with Gasteiger partial charge in [-0.05, 0) is 29.8 Å². The number of ether oxygens (including phenoxy) is 1. The summed E-state index contributed by atoms with van der Waals surface area (Å²) in [5.74, 6) is 0.132. The Morgan fingerprint density at radius 3 is 2.52 bits per heavy atom. The van der Waals surface area contributed by atoms with Crippen molar-refractivity contribution in [3.63, 3.8) is 0 Å². The number of rotatable bonds is 7. The lowest BCUT2D eigenvalue weighted by Gasteiger charge is -2.33. The van der Waals surface area contributed by atoms with Crippen LogP contribution < -0.4 is 4.72 Å². The molecule has 8 heteroatoms. The van der Waals surface area contributed by atoms with Gasteiger partial charge in [0.15, 0.2) is 0 Å². The average molecular weight is 368 g/mol. The molecule has 1 aliphatic heterocycles. The van der Waals surface area contributed by atoms with Gasteiger partial charge >= 0.3 is 0 Å². The fourth-order valence-electron chi connectivity index (χ4n) is 2.84. The first-order valence-corrected chi connectivity index (χ1v) is 9.76. The molecule has 1 unspecified atom stereocenters. The zero-order valence-electron chi connectivity index (χ0n) is 13.7. The molecule has 1 saturated heterocycles. The van der Waals surface area contributed by atoms with Crippen LogP contribution in [-0.2, 0) is 20.5 Å². The Labute approximate surface area is 146 Å². The molecule has 0 bridgehead atoms. The van der Waals surface area contributed by atoms with E-state index in [-0.39, 0.29) is 24.2 Å². The van der Waals surface area contributed by atoms with Crippen molar-refractivity contribution in [2.75, 3.05) is 32.8 Å². The summed E-state index contributed by atoms with van der Waals surface area (Å²) in [6.07, 6.45) is 1.58. The number of furan rings is 1. The van der Waals surface area contributed by atoms with Gasteiger partial charge in [-0.15, -0.1) is 0 Å². The van der Waals surface area contributed by atoms with E-state index in [1.807, 2.05) is 6.07 Å². The third-order valence-electron chi connectivity index (χ3n) is 4.12. The van der Waals surface area contributed by atoms with E-state index in [0.717, 1.165) is 0 Å². The van der Waals surface area contributed by atoms with Gasteiger partial charge in [0.1, 0.15) is 11.6 Å². The van der Waals surface area contributed by atoms with E-state index in [9.17, 15) is 12.8 Å². The highest BCUT2D eigenvalue weighted by Gasteiger charge is 2.26. The van der Waals surface area contributed by atoms with Crippen LogP contribution in [0.1, 0.15) is 17.4 Å². The highest BCUT2D eigenvalue weighted by molar-refractivity contribution is 7.88. The Bertz CT molecular complexity index is 756. The van der Waals surface area contributed by atoms with Gasteiger partial charge in [-0.25, -0.2) is 17.5 Å². The van der Waals surface area contributed by atoms with Crippen LogP contribution in [-0.4, -0.2) is 46.2 Å². The fraction of sp³-hybridized carbons (Fsp3) is 0.412. The van der Waals surface area contributed by atoms with E-state index in [1.54, 1.807) is 12.3 Å². The van der Waals surface area contributed by atoms with E-state index in [0.29, 0.717) is 37.6 Å². The third kappa shape index (κ3) is 5.12. The van der Waals surface area contributed by atoms with E-state index >= 15 is 0 Å². The molecule has 1 aliphatic rings. The number of sulfonamides is 1. The Kier molecular flexibility index (Phi) is 5.85. The van der Waals surface area contributed by atoms with Crippen molar-refractivity contribution in [3.8, 4) is 0 Å². The minimum Gasteiger partial charge on any atom is -0.468 e. The lowest BCUT2D eigenvalue weighted by atomic mass is 10.2. The molecule has 1 aromatic heterocycles. The van der Waals surface area contributed by atoms with E-state index in [1.165, 1.54) is 24.3 Å². The molecule has 0 aliphatic carbocycles. The number of morpholine rings is 1. The Morgan fingerprint density at radius 2 is 1.88 bits per heavy atom. The number of nitrogens with one attached hydrogen (secondary N) is 1. The maximum absolute atomic E-state index is 12.9. The highest BCUT2D eigenvalue weighted by Crippen LogP contribution is 2.22. The molecule has 0 radical (unpaired) electrons. The van der Waals surface area contributed by atoms with Crippen molar-refractivity contribution >= 4 is 10.0 Å². The number of benzene rings is 1. The van der Waals surface area contributed by atoms with Gasteiger partial charge in [0.2, 0.25) is 10.0 Å². The highest BCUT2D eigenvalue weighted by atomic mass is 32.2. The van der Waals surface area contributed by atoms with Gasteiger partial charge in [-0.1, -0.05) is 12.1 Å². The second-order valence-corrected chi connectivity index (χ2v) is 7.72. The SMILES string of the molecule is O=S(=O)(Cc1ccc(F)cc1)NCC(c1ccco1)N1CCOCC1. The van der Waals surface area contributed by atoms with Crippen molar-refractivity contribution in [1.29, 1.82) is 0 Å². The maximum atomic E-state index is 12.9. The summed E-state index contributed by atoms with van der Waals surface area (Å²) in [6.45, 7) is 2.85. The van der Waals surface area contributed by atoms with Crippen molar-refractivity contribution < 1.29 is 22.0 Å². The van der Waals surface area contributed by atoms with E-state index < -0.39 is 10.0 Å². The number of halogens is 1. The molecule has 6 nitrogen and oxygen atoms in total. The average Bonchev–Trinajstić information content (AvgIpc) is 3.12. The van der Waals surface area contributed by atoms with E-state index in [2.05, 4.69) is 9.62 Å². The Hall–Kier alpha value is -1.74. The second kappa shape index (κ2) is 8.09. The molecule has 0 saturated carbocycles. The molecule has 25 heavy (non-hydrogen) atoms. The van der Waals surface area contributed by atoms with Crippen LogP contribution in [0.5, 0.6) is 0 Å². The number of hydrogen-bond acceptors (Lipinski definition) is 5. The van der Waals surface area contributed by atoms with Crippen molar-refractivity contribution in [2.45, 2.75) is 11.8 Å². The predicted octanol–water partition coefficient (Wildman–Crippen LogP) is 1.91. The standard InChI is InChI=1S/C17H21FN2O4S/c18-15-5-3-14(4-6-15)13-25(21,22)19-12-16(17-2-1-9-24-17)20-7-10-23-11-8-20/h1-6,9,16,19H,7-8,10-13H2. The van der Waals surface area contributed by atoms with E-state index in [4.69, 9.17) is 9.15 Å². The van der Waals surface area contributed by atoms with Gasteiger partial charge in [-0.3, -0.25) is 4.90 Å². The maximum Gasteiger partial charge on any atom is 0.215 e. The summed E-state index contributed by atoms with van der Waals surface area (Å²) in [5.41, 5.74) is 0.537. The lowest BCUT2D eigenvalue weighted by molar-refractivity contribution is 0.0128. The molecule has 1 fully saturated rings. The molecule has 0 amide bonds. The molecule has 2 aromatic rings. The summed E-state index contributed by atoms with van der Waals surface area (Å²) in [4.78, 5) is 2.14. The second-order valence-electron chi connectivity index (χ2n) is 5.91. The summed E-state index contributed by atoms with van der Waals surface area (Å²) >= 11 is 0. The topological polar surface area (TPSA) is 71.8 Å². The summed E-state index contributed by atoms with van der Waals surface area (Å²) in [6, 6.07) is 8.89. The van der Waals surface area contributed by atoms with Crippen LogP contribution in [0.15, 0.2) is 47.1 Å². The van der Waals surface area contributed by atoms with Crippen LogP contribution in [0.4, 0.5) is 4.39 Å². The van der Waals surface area contributed by atoms with Crippen LogP contribution in [0.2, 0.25) is 0 Å². The molecule has 2 heterocycles. The van der Waals surface area contributed by atoms with Crippen LogP contribution >= 0.6 is 0 Å². The summed E-state index contributed by atoms with van der Waals surface area (Å²) in [7, 11) is -3.54. The smallest absolute Gasteiger partial charge is 0.215 e. The normalized spacial score (nSPS) is 17.5. The van der Waals surface area contributed by atoms with Gasteiger partial charge < -0.3 is 9.15 Å². The molecular formula is C17H21FN2O4S. The first kappa shape index (κ1) is 18.1. The Morgan fingerprint density at radius 1 is 1.16 bits per heavy atom. The molecule has 3 rings (SSSR count). The molecule has 1 N–H and O–H groups in total. The third-order valence-corrected chi connectivity index (χ3v) is 5.44. The predicted molar refractivity (Wildman–Crippen MR) is 90.9 cm³/mol. The molecule has 1 aromatic carbocycles. The van der Waals surface area contributed by atoms with Crippen LogP contribution in [0, 0.1) is 5.82 Å². The first-order chi connectivity index (χ1) is 12.0. The number of nitrogens with zero attached hydrogens (tertiary/aromatic N) is 1. The summed E-state index contributed by atoms with van der Waals surface area (Å²) < 4.78 is 51.2. The lowest BCUT2D eigenvalue weighted by Crippen LogP contribution is -2.43. The summed E-state index contributed by atoms with van der Waals surface area (Å²) in [5, 5.41) is 0. The fourth-order valence-corrected chi connectivity index (χ4v) is 3.98. The van der Waals surface area contributed by atoms with Crippen LogP contribution in [0.25, 0.3) is 0 Å². The Balaban J connectivity index is 1.66. The van der Waals surface area contributed by atoms with Gasteiger partial charge in [-0.2, -0.15) is 0 Å². The van der Waals surface area contributed by atoms with Gasteiger partial charge in [0.25, 0.3) is 0 Å². The number of hydrogen-bond donors (Lipinski definition) is 1. The zero-order valence-corrected chi connectivity index (χ0v) is 14.5.